The van der Waals surface area contributed by atoms with Crippen molar-refractivity contribution >= 4 is 69.1 Å². The first-order valence-electron chi connectivity index (χ1n) is 14.6. The third-order valence-electron chi connectivity index (χ3n) is 6.84. The molecule has 0 fully saturated rings. The second-order valence-electron chi connectivity index (χ2n) is 10.2. The predicted octanol–water partition coefficient (Wildman–Crippen LogP) is 8.68. The van der Waals surface area contributed by atoms with Crippen LogP contribution in [0.3, 0.4) is 0 Å². The Morgan fingerprint density at radius 2 is 1.49 bits per heavy atom. The molecule has 0 aliphatic rings. The predicted molar refractivity (Wildman–Crippen MR) is 194 cm³/mol. The highest BCUT2D eigenvalue weighted by Crippen LogP contribution is 2.29. The molecule has 7 nitrogen and oxygen atoms in total. The lowest BCUT2D eigenvalue weighted by Gasteiger charge is -2.12. The van der Waals surface area contributed by atoms with Crippen molar-refractivity contribution in [3.05, 3.63) is 149 Å². The Labute approximate surface area is 284 Å². The zero-order valence-corrected chi connectivity index (χ0v) is 27.3. The first-order valence-corrected chi connectivity index (χ1v) is 17.3. The van der Waals surface area contributed by atoms with E-state index < -0.39 is 11.8 Å². The second-order valence-corrected chi connectivity index (χ2v) is 13.1. The number of aromatic nitrogens is 1. The molecule has 10 heteroatoms. The summed E-state index contributed by atoms with van der Waals surface area (Å²) in [6.07, 6.45) is 1.65. The Morgan fingerprint density at radius 1 is 0.745 bits per heavy atom. The fourth-order valence-corrected chi connectivity index (χ4v) is 6.79. The number of hydrogen-bond donors (Lipinski definition) is 3. The van der Waals surface area contributed by atoms with Gasteiger partial charge in [0.05, 0.1) is 16.3 Å². The van der Waals surface area contributed by atoms with Gasteiger partial charge >= 0.3 is 0 Å². The van der Waals surface area contributed by atoms with E-state index in [1.807, 2.05) is 89.6 Å². The SMILES string of the molecule is O=C(CSc1cccc(NC(=O)/C(=C\c2ccc(-c3ccccc3)cc2)NC(=O)c2ccccc2)c1)Nc1nc(-c2cccs2)cs1. The third-order valence-corrected chi connectivity index (χ3v) is 9.49. The highest BCUT2D eigenvalue weighted by Gasteiger charge is 2.16. The maximum absolute atomic E-state index is 13.6. The van der Waals surface area contributed by atoms with E-state index in [1.54, 1.807) is 59.9 Å². The van der Waals surface area contributed by atoms with Crippen LogP contribution in [-0.4, -0.2) is 28.5 Å². The van der Waals surface area contributed by atoms with Crippen molar-refractivity contribution in [2.24, 2.45) is 0 Å². The van der Waals surface area contributed by atoms with Crippen molar-refractivity contribution < 1.29 is 14.4 Å². The molecular formula is C37H28N4O3S3. The summed E-state index contributed by atoms with van der Waals surface area (Å²) in [7, 11) is 0. The highest BCUT2D eigenvalue weighted by atomic mass is 32.2. The van der Waals surface area contributed by atoms with Gasteiger partial charge in [0.1, 0.15) is 5.70 Å². The molecule has 2 aromatic heterocycles. The van der Waals surface area contributed by atoms with E-state index in [0.717, 1.165) is 32.2 Å². The van der Waals surface area contributed by atoms with Crippen molar-refractivity contribution in [2.45, 2.75) is 4.90 Å². The van der Waals surface area contributed by atoms with Gasteiger partial charge in [0.25, 0.3) is 11.8 Å². The van der Waals surface area contributed by atoms with Gasteiger partial charge < -0.3 is 16.0 Å². The molecule has 47 heavy (non-hydrogen) atoms. The van der Waals surface area contributed by atoms with Crippen LogP contribution in [0.15, 0.2) is 143 Å². The van der Waals surface area contributed by atoms with Gasteiger partial charge in [0, 0.05) is 21.5 Å². The van der Waals surface area contributed by atoms with Crippen LogP contribution < -0.4 is 16.0 Å². The number of benzene rings is 4. The van der Waals surface area contributed by atoms with Gasteiger partial charge in [-0.25, -0.2) is 4.98 Å². The summed E-state index contributed by atoms with van der Waals surface area (Å²) in [6.45, 7) is 0. The Bertz CT molecular complexity index is 2010. The summed E-state index contributed by atoms with van der Waals surface area (Å²) in [4.78, 5) is 45.6. The molecule has 4 aromatic carbocycles. The van der Waals surface area contributed by atoms with Gasteiger partial charge in [-0.2, -0.15) is 0 Å². The maximum atomic E-state index is 13.6. The second kappa shape index (κ2) is 15.3. The zero-order valence-electron chi connectivity index (χ0n) is 24.9. The van der Waals surface area contributed by atoms with Gasteiger partial charge in [-0.3, -0.25) is 14.4 Å². The van der Waals surface area contributed by atoms with Crippen LogP contribution >= 0.6 is 34.4 Å². The standard InChI is InChI=1S/C37H28N4O3S3/c42-34(41-37-40-32(23-47-37)33-15-8-20-45-33)24-46-30-14-7-13-29(22-30)38-36(44)31(39-35(43)28-11-5-2-6-12-28)21-25-16-18-27(19-17-25)26-9-3-1-4-10-26/h1-23H,24H2,(H,38,44)(H,39,43)(H,40,41,42)/b31-21+. The lowest BCUT2D eigenvalue weighted by Crippen LogP contribution is -2.30. The van der Waals surface area contributed by atoms with E-state index >= 15 is 0 Å². The molecule has 6 rings (SSSR count). The van der Waals surface area contributed by atoms with E-state index in [0.29, 0.717) is 16.4 Å². The lowest BCUT2D eigenvalue weighted by atomic mass is 10.0. The van der Waals surface area contributed by atoms with Crippen molar-refractivity contribution in [2.75, 3.05) is 16.4 Å². The molecule has 0 saturated carbocycles. The van der Waals surface area contributed by atoms with Crippen LogP contribution in [0.5, 0.6) is 0 Å². The van der Waals surface area contributed by atoms with Gasteiger partial charge in [-0.15, -0.1) is 34.4 Å². The van der Waals surface area contributed by atoms with Crippen molar-refractivity contribution in [1.29, 1.82) is 0 Å². The van der Waals surface area contributed by atoms with Crippen LogP contribution in [0.25, 0.3) is 27.8 Å². The van der Waals surface area contributed by atoms with Crippen molar-refractivity contribution in [1.82, 2.24) is 10.3 Å². The monoisotopic (exact) mass is 672 g/mol. The van der Waals surface area contributed by atoms with E-state index in [2.05, 4.69) is 20.9 Å². The number of carbonyl (C=O) groups excluding carboxylic acids is 3. The van der Waals surface area contributed by atoms with Crippen LogP contribution in [-0.2, 0) is 9.59 Å². The molecule has 0 aliphatic carbocycles. The Kier molecular flexibility index (Phi) is 10.3. The number of thioether (sulfide) groups is 1. The van der Waals surface area contributed by atoms with E-state index in [4.69, 9.17) is 0 Å². The summed E-state index contributed by atoms with van der Waals surface area (Å²) in [5, 5.41) is 13.0. The zero-order chi connectivity index (χ0) is 32.4. The normalized spacial score (nSPS) is 11.1. The van der Waals surface area contributed by atoms with Crippen LogP contribution in [0, 0.1) is 0 Å². The molecule has 232 valence electrons. The van der Waals surface area contributed by atoms with Crippen LogP contribution in [0.2, 0.25) is 0 Å². The van der Waals surface area contributed by atoms with Crippen molar-refractivity contribution in [3.63, 3.8) is 0 Å². The lowest BCUT2D eigenvalue weighted by molar-refractivity contribution is -0.114. The minimum Gasteiger partial charge on any atom is -0.321 e. The molecule has 3 amide bonds. The molecule has 2 heterocycles. The Hall–Kier alpha value is -5.29. The fraction of sp³-hybridized carbons (Fsp3) is 0.0270. The average molecular weight is 673 g/mol. The summed E-state index contributed by atoms with van der Waals surface area (Å²) in [5.74, 6) is -0.885. The van der Waals surface area contributed by atoms with Gasteiger partial charge in [0.15, 0.2) is 5.13 Å². The minimum absolute atomic E-state index is 0.0918. The largest absolute Gasteiger partial charge is 0.321 e. The van der Waals surface area contributed by atoms with E-state index in [-0.39, 0.29) is 17.4 Å². The van der Waals surface area contributed by atoms with Crippen LogP contribution in [0.1, 0.15) is 15.9 Å². The highest BCUT2D eigenvalue weighted by molar-refractivity contribution is 8.00. The summed E-state index contributed by atoms with van der Waals surface area (Å²) < 4.78 is 0. The summed E-state index contributed by atoms with van der Waals surface area (Å²) in [6, 6.07) is 37.7. The van der Waals surface area contributed by atoms with Gasteiger partial charge in [0.2, 0.25) is 5.91 Å². The fourth-order valence-electron chi connectivity index (χ4n) is 4.55. The summed E-state index contributed by atoms with van der Waals surface area (Å²) >= 11 is 4.32. The number of nitrogens with zero attached hydrogens (tertiary/aromatic N) is 1. The Morgan fingerprint density at radius 3 is 2.23 bits per heavy atom. The molecule has 0 bridgehead atoms. The smallest absolute Gasteiger partial charge is 0.272 e. The Balaban J connectivity index is 1.13. The van der Waals surface area contributed by atoms with E-state index in [9.17, 15) is 14.4 Å². The molecule has 6 aromatic rings. The number of thiazole rings is 1. The summed E-state index contributed by atoms with van der Waals surface area (Å²) in [5.41, 5.74) is 4.77. The number of nitrogens with one attached hydrogen (secondary N) is 3. The number of carbonyl (C=O) groups is 3. The molecule has 0 atom stereocenters. The van der Waals surface area contributed by atoms with E-state index in [1.165, 1.54) is 23.1 Å². The first-order chi connectivity index (χ1) is 23.0. The minimum atomic E-state index is -0.480. The number of amides is 3. The van der Waals surface area contributed by atoms with Gasteiger partial charge in [-0.1, -0.05) is 84.9 Å². The number of hydrogen-bond acceptors (Lipinski definition) is 7. The topological polar surface area (TPSA) is 100 Å². The molecule has 3 N–H and O–H groups in total. The third kappa shape index (κ3) is 8.71. The number of thiophene rings is 1. The first kappa shape index (κ1) is 31.7. The maximum Gasteiger partial charge on any atom is 0.272 e. The molecule has 0 saturated heterocycles. The molecule has 0 spiro atoms. The number of rotatable bonds is 11. The molecule has 0 radical (unpaired) electrons. The van der Waals surface area contributed by atoms with Crippen LogP contribution in [0.4, 0.5) is 10.8 Å². The molecular weight excluding hydrogens is 645 g/mol. The molecule has 0 aliphatic heterocycles. The quantitative estimate of drug-likeness (QED) is 0.0945. The number of anilines is 2. The van der Waals surface area contributed by atoms with Crippen molar-refractivity contribution in [3.8, 4) is 21.7 Å². The molecule has 0 unspecified atom stereocenters. The average Bonchev–Trinajstić information content (AvgIpc) is 3.81. The van der Waals surface area contributed by atoms with Gasteiger partial charge in [-0.05, 0) is 64.5 Å².